The van der Waals surface area contributed by atoms with Gasteiger partial charge >= 0.3 is 0 Å². The molecule has 3 aromatic rings. The molecule has 106 valence electrons. The molecule has 22 heavy (non-hydrogen) atoms. The molecule has 1 aromatic carbocycles. The predicted octanol–water partition coefficient (Wildman–Crippen LogP) is 1.72. The van der Waals surface area contributed by atoms with E-state index < -0.39 is 17.4 Å². The molecule has 1 aliphatic rings. The number of H-pyrrole nitrogens is 1. The second-order valence-corrected chi connectivity index (χ2v) is 4.88. The van der Waals surface area contributed by atoms with Gasteiger partial charge in [-0.3, -0.25) is 14.4 Å². The summed E-state index contributed by atoms with van der Waals surface area (Å²) in [4.78, 5) is 45.0. The third kappa shape index (κ3) is 1.54. The molecule has 2 amide bonds. The number of amides is 2. The van der Waals surface area contributed by atoms with Crippen molar-refractivity contribution in [1.29, 1.82) is 0 Å². The van der Waals surface area contributed by atoms with E-state index in [-0.39, 0.29) is 16.9 Å². The lowest BCUT2D eigenvalue weighted by Gasteiger charge is -2.11. The third-order valence-corrected chi connectivity index (χ3v) is 3.63. The number of nitrogens with zero attached hydrogens (tertiary/aromatic N) is 2. The van der Waals surface area contributed by atoms with Gasteiger partial charge in [0.2, 0.25) is 0 Å². The second-order valence-electron chi connectivity index (χ2n) is 4.88. The molecule has 3 heterocycles. The van der Waals surface area contributed by atoms with Crippen LogP contribution in [0.5, 0.6) is 0 Å². The molecule has 0 atom stereocenters. The van der Waals surface area contributed by atoms with Crippen molar-refractivity contribution in [3.8, 4) is 0 Å². The molecule has 0 saturated heterocycles. The number of imide groups is 1. The number of hydrogen-bond donors (Lipinski definition) is 1. The van der Waals surface area contributed by atoms with Crippen LogP contribution in [0.1, 0.15) is 20.7 Å². The molecule has 6 heteroatoms. The highest BCUT2D eigenvalue weighted by atomic mass is 16.2. The summed E-state index contributed by atoms with van der Waals surface area (Å²) < 4.78 is 0. The Labute approximate surface area is 124 Å². The van der Waals surface area contributed by atoms with Crippen LogP contribution in [-0.4, -0.2) is 21.8 Å². The van der Waals surface area contributed by atoms with Crippen LogP contribution in [0.25, 0.3) is 10.9 Å². The zero-order chi connectivity index (χ0) is 15.3. The molecule has 0 bridgehead atoms. The first kappa shape index (κ1) is 12.5. The van der Waals surface area contributed by atoms with E-state index in [2.05, 4.69) is 9.97 Å². The minimum atomic E-state index is -0.647. The van der Waals surface area contributed by atoms with Crippen molar-refractivity contribution in [3.05, 3.63) is 70.1 Å². The molecule has 6 nitrogen and oxygen atoms in total. The number of rotatable bonds is 1. The molecule has 2 aromatic heterocycles. The van der Waals surface area contributed by atoms with E-state index in [4.69, 9.17) is 0 Å². The Morgan fingerprint density at radius 3 is 2.36 bits per heavy atom. The first-order valence-electron chi connectivity index (χ1n) is 6.63. The van der Waals surface area contributed by atoms with Gasteiger partial charge in [-0.05, 0) is 18.2 Å². The van der Waals surface area contributed by atoms with Crippen LogP contribution in [0.4, 0.5) is 5.82 Å². The lowest BCUT2D eigenvalue weighted by atomic mass is 10.1. The fraction of sp³-hybridized carbons (Fsp3) is 0. The van der Waals surface area contributed by atoms with E-state index in [0.717, 1.165) is 4.90 Å². The molecule has 0 fully saturated rings. The summed E-state index contributed by atoms with van der Waals surface area (Å²) in [6, 6.07) is 11.8. The van der Waals surface area contributed by atoms with Gasteiger partial charge in [-0.1, -0.05) is 24.3 Å². The summed E-state index contributed by atoms with van der Waals surface area (Å²) >= 11 is 0. The Hall–Kier alpha value is -3.28. The predicted molar refractivity (Wildman–Crippen MR) is 79.9 cm³/mol. The largest absolute Gasteiger partial charge is 0.321 e. The zero-order valence-corrected chi connectivity index (χ0v) is 11.2. The number of anilines is 1. The quantitative estimate of drug-likeness (QED) is 0.692. The van der Waals surface area contributed by atoms with Crippen molar-refractivity contribution in [3.63, 3.8) is 0 Å². The van der Waals surface area contributed by atoms with Gasteiger partial charge in [-0.25, -0.2) is 9.88 Å². The number of aromatic nitrogens is 2. The van der Waals surface area contributed by atoms with Crippen LogP contribution in [-0.2, 0) is 0 Å². The normalized spacial score (nSPS) is 13.7. The van der Waals surface area contributed by atoms with E-state index >= 15 is 0 Å². The summed E-state index contributed by atoms with van der Waals surface area (Å²) in [5.41, 5.74) is -0.0369. The van der Waals surface area contributed by atoms with Gasteiger partial charge in [0.25, 0.3) is 17.4 Å². The Morgan fingerprint density at radius 1 is 0.864 bits per heavy atom. The van der Waals surface area contributed by atoms with Crippen molar-refractivity contribution in [1.82, 2.24) is 9.97 Å². The minimum absolute atomic E-state index is 0.130. The maximum Gasteiger partial charge on any atom is 0.273 e. The first-order chi connectivity index (χ1) is 10.7. The number of hydrogen-bond acceptors (Lipinski definition) is 4. The molecular weight excluding hydrogens is 282 g/mol. The van der Waals surface area contributed by atoms with Crippen LogP contribution in [0, 0.1) is 0 Å². The zero-order valence-electron chi connectivity index (χ0n) is 11.2. The highest BCUT2D eigenvalue weighted by molar-refractivity contribution is 6.37. The van der Waals surface area contributed by atoms with Gasteiger partial charge in [0.05, 0.1) is 5.56 Å². The average molecular weight is 291 g/mol. The van der Waals surface area contributed by atoms with Crippen LogP contribution < -0.4 is 10.5 Å². The van der Waals surface area contributed by atoms with E-state index in [1.54, 1.807) is 42.5 Å². The van der Waals surface area contributed by atoms with Crippen LogP contribution in [0.3, 0.4) is 0 Å². The summed E-state index contributed by atoms with van der Waals surface area (Å²) in [6.07, 6.45) is 1.49. The van der Waals surface area contributed by atoms with Crippen molar-refractivity contribution in [2.45, 2.75) is 0 Å². The molecule has 4 rings (SSSR count). The number of aromatic amines is 1. The van der Waals surface area contributed by atoms with Gasteiger partial charge < -0.3 is 4.98 Å². The molecule has 0 saturated carbocycles. The van der Waals surface area contributed by atoms with E-state index in [9.17, 15) is 14.4 Å². The van der Waals surface area contributed by atoms with Crippen LogP contribution in [0.2, 0.25) is 0 Å². The van der Waals surface area contributed by atoms with Gasteiger partial charge in [0.1, 0.15) is 11.4 Å². The third-order valence-electron chi connectivity index (χ3n) is 3.63. The Kier molecular flexibility index (Phi) is 2.47. The second kappa shape index (κ2) is 4.36. The van der Waals surface area contributed by atoms with Crippen molar-refractivity contribution in [2.75, 3.05) is 4.90 Å². The summed E-state index contributed by atoms with van der Waals surface area (Å²) in [7, 11) is 0. The summed E-state index contributed by atoms with van der Waals surface area (Å²) in [5.74, 6) is -0.969. The van der Waals surface area contributed by atoms with Gasteiger partial charge in [0, 0.05) is 17.1 Å². The van der Waals surface area contributed by atoms with Crippen molar-refractivity contribution < 1.29 is 9.59 Å². The SMILES string of the molecule is O=C1c2c(c3ccccc3[nH]c2=O)C(=O)N1c1ccccn1. The first-order valence-corrected chi connectivity index (χ1v) is 6.63. The lowest BCUT2D eigenvalue weighted by molar-refractivity contribution is 0.0925. The van der Waals surface area contributed by atoms with Gasteiger partial charge in [-0.2, -0.15) is 0 Å². The standard InChI is InChI=1S/C16H9N3O3/c20-14-13-12(9-5-1-2-6-10(9)18-14)15(21)19(16(13)22)11-7-3-4-8-17-11/h1-8H,(H,18,20). The van der Waals surface area contributed by atoms with E-state index in [0.29, 0.717) is 10.9 Å². The molecule has 0 radical (unpaired) electrons. The van der Waals surface area contributed by atoms with Gasteiger partial charge in [0.15, 0.2) is 0 Å². The Bertz CT molecular complexity index is 992. The van der Waals surface area contributed by atoms with E-state index in [1.807, 2.05) is 0 Å². The number of carbonyl (C=O) groups excluding carboxylic acids is 2. The molecule has 1 aliphatic heterocycles. The van der Waals surface area contributed by atoms with E-state index in [1.165, 1.54) is 6.20 Å². The number of benzene rings is 1. The maximum atomic E-state index is 12.7. The van der Waals surface area contributed by atoms with Crippen LogP contribution in [0.15, 0.2) is 53.5 Å². The van der Waals surface area contributed by atoms with Crippen molar-refractivity contribution >= 4 is 28.5 Å². The molecule has 0 aliphatic carbocycles. The average Bonchev–Trinajstić information content (AvgIpc) is 2.80. The topological polar surface area (TPSA) is 83.1 Å². The number of nitrogens with one attached hydrogen (secondary N) is 1. The highest BCUT2D eigenvalue weighted by Crippen LogP contribution is 2.29. The van der Waals surface area contributed by atoms with Crippen LogP contribution >= 0.6 is 0 Å². The highest BCUT2D eigenvalue weighted by Gasteiger charge is 2.41. The summed E-state index contributed by atoms with van der Waals surface area (Å²) in [6.45, 7) is 0. The summed E-state index contributed by atoms with van der Waals surface area (Å²) in [5, 5.41) is 0.550. The fourth-order valence-electron chi connectivity index (χ4n) is 2.68. The Balaban J connectivity index is 2.04. The monoisotopic (exact) mass is 291 g/mol. The number of carbonyl (C=O) groups is 2. The minimum Gasteiger partial charge on any atom is -0.321 e. The van der Waals surface area contributed by atoms with Gasteiger partial charge in [-0.15, -0.1) is 0 Å². The number of fused-ring (bicyclic) bond motifs is 3. The number of pyridine rings is 2. The lowest BCUT2D eigenvalue weighted by Crippen LogP contribution is -2.31. The molecule has 0 spiro atoms. The van der Waals surface area contributed by atoms with Crippen molar-refractivity contribution in [2.24, 2.45) is 0 Å². The molecule has 0 unspecified atom stereocenters. The fourth-order valence-corrected chi connectivity index (χ4v) is 2.68. The Morgan fingerprint density at radius 2 is 1.59 bits per heavy atom. The molecular formula is C16H9N3O3. The maximum absolute atomic E-state index is 12.7. The number of para-hydroxylation sites is 1. The molecule has 1 N–H and O–H groups in total. The smallest absolute Gasteiger partial charge is 0.273 e.